The van der Waals surface area contributed by atoms with Crippen LogP contribution in [0.25, 0.3) is 0 Å². The standard InChI is InChI=1S/C15H16ClF2N3O2/c1-15(8-19,9-2-3-9)21-13(22)7-20-10-4-5-12(11(16)6-10)23-14(17)18/h4-6,9,14,20H,2-3,7H2,1H3,(H,21,22)/t15-/m1/s1. The van der Waals surface area contributed by atoms with Gasteiger partial charge in [0.15, 0.2) is 0 Å². The van der Waals surface area contributed by atoms with Crippen LogP contribution in [0.1, 0.15) is 19.8 Å². The van der Waals surface area contributed by atoms with Crippen molar-refractivity contribution >= 4 is 23.2 Å². The second-order valence-electron chi connectivity index (χ2n) is 5.51. The Morgan fingerprint density at radius 1 is 1.57 bits per heavy atom. The van der Waals surface area contributed by atoms with Crippen molar-refractivity contribution in [1.82, 2.24) is 5.32 Å². The summed E-state index contributed by atoms with van der Waals surface area (Å²) in [4.78, 5) is 11.9. The molecule has 2 N–H and O–H groups in total. The molecule has 1 atom stereocenters. The first-order valence-electron chi connectivity index (χ1n) is 7.04. The molecule has 2 rings (SSSR count). The number of carbonyl (C=O) groups excluding carboxylic acids is 1. The second-order valence-corrected chi connectivity index (χ2v) is 5.92. The van der Waals surface area contributed by atoms with Crippen molar-refractivity contribution in [3.63, 3.8) is 0 Å². The lowest BCUT2D eigenvalue weighted by atomic mass is 9.98. The lowest BCUT2D eigenvalue weighted by Gasteiger charge is -2.23. The van der Waals surface area contributed by atoms with E-state index < -0.39 is 12.2 Å². The maximum atomic E-state index is 12.1. The fraction of sp³-hybridized carbons (Fsp3) is 0.467. The Hall–Kier alpha value is -2.07. The van der Waals surface area contributed by atoms with Crippen molar-refractivity contribution < 1.29 is 18.3 Å². The van der Waals surface area contributed by atoms with Gasteiger partial charge in [-0.15, -0.1) is 0 Å². The number of ether oxygens (including phenoxy) is 1. The second kappa shape index (κ2) is 7.01. The predicted molar refractivity (Wildman–Crippen MR) is 81.5 cm³/mol. The number of nitrogens with zero attached hydrogens (tertiary/aromatic N) is 1. The van der Waals surface area contributed by atoms with Crippen LogP contribution in [0.5, 0.6) is 5.75 Å². The third-order valence-electron chi connectivity index (χ3n) is 3.63. The molecule has 124 valence electrons. The molecule has 1 aromatic carbocycles. The third-order valence-corrected chi connectivity index (χ3v) is 3.92. The molecule has 1 aliphatic rings. The predicted octanol–water partition coefficient (Wildman–Crippen LogP) is 3.16. The summed E-state index contributed by atoms with van der Waals surface area (Å²) < 4.78 is 28.5. The number of halogens is 3. The highest BCUT2D eigenvalue weighted by Gasteiger charge is 2.42. The van der Waals surface area contributed by atoms with E-state index in [1.807, 2.05) is 0 Å². The van der Waals surface area contributed by atoms with Crippen LogP contribution in [0.4, 0.5) is 14.5 Å². The van der Waals surface area contributed by atoms with E-state index in [9.17, 15) is 18.8 Å². The molecule has 1 saturated carbocycles. The van der Waals surface area contributed by atoms with Crippen molar-refractivity contribution in [2.75, 3.05) is 11.9 Å². The lowest BCUT2D eigenvalue weighted by molar-refractivity contribution is -0.120. The molecule has 0 heterocycles. The first kappa shape index (κ1) is 17.3. The molecule has 0 bridgehead atoms. The number of hydrogen-bond acceptors (Lipinski definition) is 4. The molecule has 1 amide bonds. The Morgan fingerprint density at radius 3 is 2.78 bits per heavy atom. The quantitative estimate of drug-likeness (QED) is 0.797. The monoisotopic (exact) mass is 343 g/mol. The maximum absolute atomic E-state index is 12.1. The number of nitriles is 1. The van der Waals surface area contributed by atoms with Crippen LogP contribution < -0.4 is 15.4 Å². The molecule has 23 heavy (non-hydrogen) atoms. The number of amides is 1. The Balaban J connectivity index is 1.89. The summed E-state index contributed by atoms with van der Waals surface area (Å²) in [6.07, 6.45) is 1.86. The molecular formula is C15H16ClF2N3O2. The van der Waals surface area contributed by atoms with Gasteiger partial charge in [0.2, 0.25) is 5.91 Å². The molecule has 0 saturated heterocycles. The van der Waals surface area contributed by atoms with Crippen LogP contribution in [-0.4, -0.2) is 24.6 Å². The number of benzene rings is 1. The maximum Gasteiger partial charge on any atom is 0.387 e. The van der Waals surface area contributed by atoms with E-state index in [4.69, 9.17) is 11.6 Å². The topological polar surface area (TPSA) is 74.2 Å². The summed E-state index contributed by atoms with van der Waals surface area (Å²) in [6, 6.07) is 6.29. The average Bonchev–Trinajstić information content (AvgIpc) is 3.32. The molecule has 0 radical (unpaired) electrons. The van der Waals surface area contributed by atoms with E-state index in [2.05, 4.69) is 21.4 Å². The zero-order chi connectivity index (χ0) is 17.0. The molecule has 0 unspecified atom stereocenters. The SMILES string of the molecule is C[C@](C#N)(NC(=O)CNc1ccc(OC(F)F)c(Cl)c1)C1CC1. The first-order valence-corrected chi connectivity index (χ1v) is 7.42. The molecule has 8 heteroatoms. The zero-order valence-electron chi connectivity index (χ0n) is 12.4. The summed E-state index contributed by atoms with van der Waals surface area (Å²) in [6.45, 7) is -1.31. The number of alkyl halides is 2. The number of rotatable bonds is 7. The molecule has 0 aromatic heterocycles. The van der Waals surface area contributed by atoms with Crippen molar-refractivity contribution in [2.24, 2.45) is 5.92 Å². The van der Waals surface area contributed by atoms with Gasteiger partial charge in [-0.05, 0) is 43.9 Å². The van der Waals surface area contributed by atoms with E-state index in [0.29, 0.717) is 5.69 Å². The van der Waals surface area contributed by atoms with Gasteiger partial charge < -0.3 is 15.4 Å². The number of hydrogen-bond donors (Lipinski definition) is 2. The molecule has 1 fully saturated rings. The van der Waals surface area contributed by atoms with Gasteiger partial charge >= 0.3 is 6.61 Å². The zero-order valence-corrected chi connectivity index (χ0v) is 13.2. The van der Waals surface area contributed by atoms with Crippen LogP contribution in [0.15, 0.2) is 18.2 Å². The summed E-state index contributed by atoms with van der Waals surface area (Å²) in [5, 5.41) is 14.7. The van der Waals surface area contributed by atoms with Gasteiger partial charge in [0, 0.05) is 5.69 Å². The molecule has 1 aliphatic carbocycles. The van der Waals surface area contributed by atoms with Crippen LogP contribution >= 0.6 is 11.6 Å². The van der Waals surface area contributed by atoms with Gasteiger partial charge in [-0.25, -0.2) is 0 Å². The van der Waals surface area contributed by atoms with Gasteiger partial charge in [-0.2, -0.15) is 14.0 Å². The highest BCUT2D eigenvalue weighted by atomic mass is 35.5. The van der Waals surface area contributed by atoms with Gasteiger partial charge in [0.1, 0.15) is 11.3 Å². The fourth-order valence-corrected chi connectivity index (χ4v) is 2.43. The minimum Gasteiger partial charge on any atom is -0.433 e. The number of anilines is 1. The minimum atomic E-state index is -2.96. The Morgan fingerprint density at radius 2 is 2.26 bits per heavy atom. The first-order chi connectivity index (χ1) is 10.8. The lowest BCUT2D eigenvalue weighted by Crippen LogP contribution is -2.48. The third kappa shape index (κ3) is 4.70. The van der Waals surface area contributed by atoms with Crippen molar-refractivity contribution in [1.29, 1.82) is 5.26 Å². The van der Waals surface area contributed by atoms with Crippen LogP contribution in [0.3, 0.4) is 0 Å². The molecular weight excluding hydrogens is 328 g/mol. The summed E-state index contributed by atoms with van der Waals surface area (Å²) in [7, 11) is 0. The van der Waals surface area contributed by atoms with E-state index in [0.717, 1.165) is 12.8 Å². The Labute approximate surface area is 137 Å². The van der Waals surface area contributed by atoms with E-state index in [-0.39, 0.29) is 29.1 Å². The highest BCUT2D eigenvalue weighted by molar-refractivity contribution is 6.32. The van der Waals surface area contributed by atoms with E-state index in [1.165, 1.54) is 18.2 Å². The molecule has 1 aromatic rings. The summed E-state index contributed by atoms with van der Waals surface area (Å²) in [5.74, 6) is -0.274. The Bertz CT molecular complexity index is 632. The normalized spacial score (nSPS) is 16.3. The summed E-state index contributed by atoms with van der Waals surface area (Å²) >= 11 is 5.83. The van der Waals surface area contributed by atoms with Gasteiger partial charge in [0.25, 0.3) is 0 Å². The number of nitrogens with one attached hydrogen (secondary N) is 2. The largest absolute Gasteiger partial charge is 0.433 e. The van der Waals surface area contributed by atoms with Crippen molar-refractivity contribution in [3.8, 4) is 11.8 Å². The Kier molecular flexibility index (Phi) is 5.26. The smallest absolute Gasteiger partial charge is 0.387 e. The molecule has 0 aliphatic heterocycles. The van der Waals surface area contributed by atoms with E-state index in [1.54, 1.807) is 6.92 Å². The van der Waals surface area contributed by atoms with Crippen LogP contribution in [0.2, 0.25) is 5.02 Å². The van der Waals surface area contributed by atoms with Gasteiger partial charge in [0.05, 0.1) is 17.6 Å². The van der Waals surface area contributed by atoms with Crippen LogP contribution in [-0.2, 0) is 4.79 Å². The van der Waals surface area contributed by atoms with Gasteiger partial charge in [-0.1, -0.05) is 11.6 Å². The van der Waals surface area contributed by atoms with Gasteiger partial charge in [-0.3, -0.25) is 4.79 Å². The average molecular weight is 344 g/mol. The number of carbonyl (C=O) groups is 1. The molecule has 5 nitrogen and oxygen atoms in total. The van der Waals surface area contributed by atoms with Crippen LogP contribution in [0, 0.1) is 17.2 Å². The van der Waals surface area contributed by atoms with E-state index >= 15 is 0 Å². The molecule has 0 spiro atoms. The summed E-state index contributed by atoms with van der Waals surface area (Å²) in [5.41, 5.74) is -0.373. The highest BCUT2D eigenvalue weighted by Crippen LogP contribution is 2.39. The fourth-order valence-electron chi connectivity index (χ4n) is 2.20. The minimum absolute atomic E-state index is 0.00977. The van der Waals surface area contributed by atoms with Crippen molar-refractivity contribution in [2.45, 2.75) is 31.9 Å². The van der Waals surface area contributed by atoms with Crippen molar-refractivity contribution in [3.05, 3.63) is 23.2 Å².